The number of benzene rings is 3. The highest BCUT2D eigenvalue weighted by Crippen LogP contribution is 2.36. The lowest BCUT2D eigenvalue weighted by atomic mass is 10.1. The summed E-state index contributed by atoms with van der Waals surface area (Å²) in [7, 11) is 0. The van der Waals surface area contributed by atoms with Gasteiger partial charge in [-0.25, -0.2) is 0 Å². The number of amides is 1. The summed E-state index contributed by atoms with van der Waals surface area (Å²) in [5.41, 5.74) is 3.65. The van der Waals surface area contributed by atoms with Crippen LogP contribution in [0.5, 0.6) is 0 Å². The molecule has 27 heavy (non-hydrogen) atoms. The van der Waals surface area contributed by atoms with Crippen molar-refractivity contribution in [2.24, 2.45) is 0 Å². The van der Waals surface area contributed by atoms with E-state index >= 15 is 0 Å². The Hall–Kier alpha value is -2.43. The monoisotopic (exact) mass is 394 g/mol. The number of nitrogens with one attached hydrogen (secondary N) is 1. The molecule has 136 valence electrons. The number of carbonyl (C=O) groups is 1. The molecule has 1 heterocycles. The number of hydrogen-bond donors (Lipinski definition) is 1. The Kier molecular flexibility index (Phi) is 5.10. The van der Waals surface area contributed by atoms with Gasteiger partial charge in [0.25, 0.3) is 5.91 Å². The van der Waals surface area contributed by atoms with Gasteiger partial charge in [-0.05, 0) is 42.2 Å². The number of nitrogens with zero attached hydrogens (tertiary/aromatic N) is 1. The van der Waals surface area contributed by atoms with Crippen LogP contribution in [0.3, 0.4) is 0 Å². The van der Waals surface area contributed by atoms with Crippen LogP contribution in [0, 0.1) is 0 Å². The molecule has 1 atom stereocenters. The molecule has 1 amide bonds. The number of anilines is 1. The van der Waals surface area contributed by atoms with Gasteiger partial charge in [0.2, 0.25) is 0 Å². The summed E-state index contributed by atoms with van der Waals surface area (Å²) in [5.74, 6) is 0.0176. The Balaban J connectivity index is 1.70. The lowest BCUT2D eigenvalue weighted by Crippen LogP contribution is -2.32. The van der Waals surface area contributed by atoms with Crippen LogP contribution >= 0.6 is 23.4 Å². The van der Waals surface area contributed by atoms with Gasteiger partial charge < -0.3 is 10.2 Å². The van der Waals surface area contributed by atoms with Gasteiger partial charge in [-0.1, -0.05) is 54.1 Å². The molecule has 1 N–H and O–H groups in total. The maximum Gasteiger partial charge on any atom is 0.256 e. The van der Waals surface area contributed by atoms with Crippen LogP contribution in [-0.2, 0) is 6.54 Å². The average molecular weight is 395 g/mol. The fourth-order valence-corrected chi connectivity index (χ4v) is 4.02. The second-order valence-electron chi connectivity index (χ2n) is 6.39. The highest BCUT2D eigenvalue weighted by molar-refractivity contribution is 7.98. The van der Waals surface area contributed by atoms with E-state index in [1.807, 2.05) is 65.6 Å². The molecule has 3 aromatic carbocycles. The topological polar surface area (TPSA) is 32.3 Å². The third kappa shape index (κ3) is 3.55. The van der Waals surface area contributed by atoms with Crippen molar-refractivity contribution in [2.45, 2.75) is 17.6 Å². The van der Waals surface area contributed by atoms with Crippen molar-refractivity contribution >= 4 is 35.0 Å². The largest absolute Gasteiger partial charge is 0.361 e. The van der Waals surface area contributed by atoms with Crippen LogP contribution in [0.1, 0.15) is 27.7 Å². The second-order valence-corrected chi connectivity index (χ2v) is 7.68. The van der Waals surface area contributed by atoms with E-state index in [1.165, 1.54) is 4.90 Å². The predicted molar refractivity (Wildman–Crippen MR) is 112 cm³/mol. The lowest BCUT2D eigenvalue weighted by Gasteiger charge is -2.27. The van der Waals surface area contributed by atoms with E-state index in [4.69, 9.17) is 11.6 Å². The van der Waals surface area contributed by atoms with E-state index in [-0.39, 0.29) is 12.1 Å². The molecule has 3 aromatic rings. The number of hydrogen-bond acceptors (Lipinski definition) is 3. The minimum absolute atomic E-state index is 0.0176. The molecule has 0 saturated heterocycles. The third-order valence-corrected chi connectivity index (χ3v) is 5.82. The van der Waals surface area contributed by atoms with Crippen molar-refractivity contribution in [1.82, 2.24) is 4.90 Å². The number of carbonyl (C=O) groups excluding carboxylic acids is 1. The first kappa shape index (κ1) is 18.0. The minimum Gasteiger partial charge on any atom is -0.361 e. The highest BCUT2D eigenvalue weighted by atomic mass is 35.5. The smallest absolute Gasteiger partial charge is 0.256 e. The first-order valence-corrected chi connectivity index (χ1v) is 10.3. The van der Waals surface area contributed by atoms with Crippen LogP contribution in [0.2, 0.25) is 5.02 Å². The molecule has 3 nitrogen and oxygen atoms in total. The summed E-state index contributed by atoms with van der Waals surface area (Å²) in [6.45, 7) is 0.451. The summed E-state index contributed by atoms with van der Waals surface area (Å²) in [4.78, 5) is 16.1. The van der Waals surface area contributed by atoms with Crippen molar-refractivity contribution in [3.63, 3.8) is 0 Å². The van der Waals surface area contributed by atoms with Gasteiger partial charge in [0, 0.05) is 33.3 Å². The first-order valence-electron chi connectivity index (χ1n) is 8.71. The van der Waals surface area contributed by atoms with Crippen LogP contribution in [0.15, 0.2) is 77.7 Å². The van der Waals surface area contributed by atoms with Gasteiger partial charge in [0.05, 0.1) is 0 Å². The molecule has 0 bridgehead atoms. The van der Waals surface area contributed by atoms with E-state index in [1.54, 1.807) is 11.8 Å². The van der Waals surface area contributed by atoms with Crippen molar-refractivity contribution in [3.8, 4) is 0 Å². The molecular weight excluding hydrogens is 376 g/mol. The quantitative estimate of drug-likeness (QED) is 0.552. The van der Waals surface area contributed by atoms with Crippen LogP contribution < -0.4 is 5.32 Å². The Morgan fingerprint density at radius 1 is 1.04 bits per heavy atom. The van der Waals surface area contributed by atoms with Gasteiger partial charge in [-0.2, -0.15) is 0 Å². The van der Waals surface area contributed by atoms with E-state index in [9.17, 15) is 4.79 Å². The summed E-state index contributed by atoms with van der Waals surface area (Å²) in [6, 6.07) is 23.7. The molecule has 0 aliphatic carbocycles. The summed E-state index contributed by atoms with van der Waals surface area (Å²) in [5, 5.41) is 4.21. The fraction of sp³-hybridized carbons (Fsp3) is 0.136. The molecule has 5 heteroatoms. The van der Waals surface area contributed by atoms with Gasteiger partial charge in [-0.15, -0.1) is 11.8 Å². The standard InChI is InChI=1S/C22H19ClN2OS/c1-27-17-9-6-8-16(13-17)24-21-18-10-3-4-11-19(18)22(26)25(21)14-15-7-2-5-12-20(15)23/h2-13,21,24H,14H2,1H3/t21-/m1/s1. The number of thioether (sulfide) groups is 1. The minimum atomic E-state index is -0.234. The maximum atomic E-state index is 13.1. The molecule has 0 unspecified atom stereocenters. The number of halogens is 1. The van der Waals surface area contributed by atoms with Gasteiger partial charge in [0.1, 0.15) is 6.17 Å². The molecule has 0 spiro atoms. The Bertz CT molecular complexity index is 991. The molecule has 4 rings (SSSR count). The Labute approximate surface area is 168 Å². The van der Waals surface area contributed by atoms with Crippen LogP contribution in [0.25, 0.3) is 0 Å². The first-order chi connectivity index (χ1) is 13.2. The molecular formula is C22H19ClN2OS. The number of fused-ring (bicyclic) bond motifs is 1. The van der Waals surface area contributed by atoms with Crippen molar-refractivity contribution in [2.75, 3.05) is 11.6 Å². The highest BCUT2D eigenvalue weighted by Gasteiger charge is 2.36. The SMILES string of the molecule is CSc1cccc(N[C@H]2c3ccccc3C(=O)N2Cc2ccccc2Cl)c1. The fourth-order valence-electron chi connectivity index (χ4n) is 3.37. The van der Waals surface area contributed by atoms with E-state index < -0.39 is 0 Å². The van der Waals surface area contributed by atoms with E-state index in [0.717, 1.165) is 22.4 Å². The van der Waals surface area contributed by atoms with Gasteiger partial charge >= 0.3 is 0 Å². The van der Waals surface area contributed by atoms with Crippen molar-refractivity contribution in [1.29, 1.82) is 0 Å². The molecule has 0 saturated carbocycles. The lowest BCUT2D eigenvalue weighted by molar-refractivity contribution is 0.0729. The predicted octanol–water partition coefficient (Wildman–Crippen LogP) is 5.83. The average Bonchev–Trinajstić information content (AvgIpc) is 2.96. The zero-order chi connectivity index (χ0) is 18.8. The maximum absolute atomic E-state index is 13.1. The van der Waals surface area contributed by atoms with E-state index in [0.29, 0.717) is 11.6 Å². The second kappa shape index (κ2) is 7.67. The van der Waals surface area contributed by atoms with Crippen LogP contribution in [-0.4, -0.2) is 17.1 Å². The van der Waals surface area contributed by atoms with Crippen LogP contribution in [0.4, 0.5) is 5.69 Å². The summed E-state index contributed by atoms with van der Waals surface area (Å²) < 4.78 is 0. The zero-order valence-electron chi connectivity index (χ0n) is 14.9. The molecule has 0 fully saturated rings. The molecule has 1 aliphatic heterocycles. The normalized spacial score (nSPS) is 15.7. The number of rotatable bonds is 5. The van der Waals surface area contributed by atoms with Gasteiger partial charge in [0.15, 0.2) is 0 Å². The Morgan fingerprint density at radius 2 is 1.81 bits per heavy atom. The van der Waals surface area contributed by atoms with E-state index in [2.05, 4.69) is 23.7 Å². The molecule has 1 aliphatic rings. The summed E-state index contributed by atoms with van der Waals surface area (Å²) in [6.07, 6.45) is 1.82. The van der Waals surface area contributed by atoms with Gasteiger partial charge in [-0.3, -0.25) is 4.79 Å². The van der Waals surface area contributed by atoms with Crippen molar-refractivity contribution < 1.29 is 4.79 Å². The Morgan fingerprint density at radius 3 is 2.63 bits per heavy atom. The summed E-state index contributed by atoms with van der Waals surface area (Å²) >= 11 is 8.04. The zero-order valence-corrected chi connectivity index (χ0v) is 16.4. The van der Waals surface area contributed by atoms with Crippen molar-refractivity contribution in [3.05, 3.63) is 94.5 Å². The molecule has 0 radical (unpaired) electrons. The molecule has 0 aromatic heterocycles. The third-order valence-electron chi connectivity index (χ3n) is 4.73.